The van der Waals surface area contributed by atoms with Gasteiger partial charge in [-0.2, -0.15) is 0 Å². The Morgan fingerprint density at radius 3 is 2.56 bits per heavy atom. The van der Waals surface area contributed by atoms with Crippen molar-refractivity contribution >= 4 is 0 Å². The maximum absolute atomic E-state index is 13.2. The Hall–Kier alpha value is -1.00. The van der Waals surface area contributed by atoms with Crippen molar-refractivity contribution in [2.24, 2.45) is 5.73 Å². The van der Waals surface area contributed by atoms with Crippen LogP contribution in [0, 0.1) is 11.6 Å². The van der Waals surface area contributed by atoms with Gasteiger partial charge in [-0.3, -0.25) is 0 Å². The van der Waals surface area contributed by atoms with E-state index in [1.165, 1.54) is 12.1 Å². The summed E-state index contributed by atoms with van der Waals surface area (Å²) < 4.78 is 31.9. The van der Waals surface area contributed by atoms with Gasteiger partial charge in [0.25, 0.3) is 0 Å². The predicted molar refractivity (Wildman–Crippen MR) is 66.1 cm³/mol. The topological polar surface area (TPSA) is 35.2 Å². The van der Waals surface area contributed by atoms with Crippen LogP contribution in [0.25, 0.3) is 0 Å². The van der Waals surface area contributed by atoms with Crippen LogP contribution in [-0.2, 0) is 10.3 Å². The third-order valence-corrected chi connectivity index (χ3v) is 3.53. The van der Waals surface area contributed by atoms with E-state index in [-0.39, 0.29) is 6.10 Å². The molecule has 0 aliphatic carbocycles. The lowest BCUT2D eigenvalue weighted by Crippen LogP contribution is -2.34. The second-order valence-electron chi connectivity index (χ2n) is 5.25. The second kappa shape index (κ2) is 5.33. The highest BCUT2D eigenvalue weighted by molar-refractivity contribution is 5.25. The Balaban J connectivity index is 2.04. The van der Waals surface area contributed by atoms with Crippen molar-refractivity contribution in [3.63, 3.8) is 0 Å². The molecule has 100 valence electrons. The molecule has 1 aromatic carbocycles. The lowest BCUT2D eigenvalue weighted by molar-refractivity contribution is 0.0967. The molecular weight excluding hydrogens is 236 g/mol. The lowest BCUT2D eigenvalue weighted by atomic mass is 9.87. The summed E-state index contributed by atoms with van der Waals surface area (Å²) in [4.78, 5) is 0. The molecule has 18 heavy (non-hydrogen) atoms. The minimum Gasteiger partial charge on any atom is -0.378 e. The number of nitrogens with two attached hydrogens (primary N) is 1. The van der Waals surface area contributed by atoms with Crippen molar-refractivity contribution in [1.82, 2.24) is 0 Å². The van der Waals surface area contributed by atoms with Gasteiger partial charge in [-0.05, 0) is 50.3 Å². The molecule has 2 unspecified atom stereocenters. The van der Waals surface area contributed by atoms with Crippen LogP contribution in [0.2, 0.25) is 0 Å². The van der Waals surface area contributed by atoms with Crippen molar-refractivity contribution < 1.29 is 13.5 Å². The third-order valence-electron chi connectivity index (χ3n) is 3.53. The Kier molecular flexibility index (Phi) is 3.97. The zero-order chi connectivity index (χ0) is 13.2. The highest BCUT2D eigenvalue weighted by atomic mass is 19.1. The molecule has 0 amide bonds. The molecule has 1 fully saturated rings. The van der Waals surface area contributed by atoms with Crippen LogP contribution in [-0.4, -0.2) is 12.7 Å². The molecule has 0 spiro atoms. The van der Waals surface area contributed by atoms with Crippen LogP contribution < -0.4 is 5.73 Å². The molecule has 1 aliphatic rings. The average Bonchev–Trinajstić information content (AvgIpc) is 2.78. The summed E-state index contributed by atoms with van der Waals surface area (Å²) in [6.45, 7) is 2.61. The minimum absolute atomic E-state index is 0.242. The van der Waals surface area contributed by atoms with Crippen LogP contribution in [0.5, 0.6) is 0 Å². The molecular formula is C14H19F2NO. The summed E-state index contributed by atoms with van der Waals surface area (Å²) in [5.41, 5.74) is 5.94. The molecule has 1 aromatic rings. The number of ether oxygens (including phenoxy) is 1. The fourth-order valence-corrected chi connectivity index (χ4v) is 2.36. The maximum atomic E-state index is 13.2. The Bertz CT molecular complexity index is 394. The van der Waals surface area contributed by atoms with Gasteiger partial charge < -0.3 is 10.5 Å². The van der Waals surface area contributed by atoms with E-state index in [1.54, 1.807) is 6.92 Å². The van der Waals surface area contributed by atoms with Gasteiger partial charge >= 0.3 is 0 Å². The first kappa shape index (κ1) is 13.4. The minimum atomic E-state index is -0.727. The van der Waals surface area contributed by atoms with E-state index in [0.29, 0.717) is 12.0 Å². The molecule has 1 heterocycles. The van der Waals surface area contributed by atoms with Crippen molar-refractivity contribution in [2.75, 3.05) is 6.61 Å². The summed E-state index contributed by atoms with van der Waals surface area (Å²) in [7, 11) is 0. The van der Waals surface area contributed by atoms with E-state index in [2.05, 4.69) is 0 Å². The molecule has 2 nitrogen and oxygen atoms in total. The van der Waals surface area contributed by atoms with Crippen LogP contribution in [0.3, 0.4) is 0 Å². The molecule has 0 bridgehead atoms. The summed E-state index contributed by atoms with van der Waals surface area (Å²) in [6, 6.07) is 3.47. The van der Waals surface area contributed by atoms with Crippen LogP contribution in [0.15, 0.2) is 18.2 Å². The van der Waals surface area contributed by atoms with Crippen molar-refractivity contribution in [2.45, 2.75) is 44.2 Å². The molecule has 4 heteroatoms. The molecule has 2 atom stereocenters. The Morgan fingerprint density at radius 2 is 2.00 bits per heavy atom. The Labute approximate surface area is 106 Å². The van der Waals surface area contributed by atoms with Gasteiger partial charge in [0.1, 0.15) is 11.6 Å². The van der Waals surface area contributed by atoms with Crippen LogP contribution >= 0.6 is 0 Å². The first-order valence-electron chi connectivity index (χ1n) is 6.34. The van der Waals surface area contributed by atoms with Gasteiger partial charge in [0.15, 0.2) is 0 Å². The fraction of sp³-hybridized carbons (Fsp3) is 0.571. The zero-order valence-electron chi connectivity index (χ0n) is 10.6. The number of rotatable bonds is 4. The van der Waals surface area contributed by atoms with E-state index < -0.39 is 17.2 Å². The van der Waals surface area contributed by atoms with Gasteiger partial charge in [0.2, 0.25) is 0 Å². The largest absolute Gasteiger partial charge is 0.378 e. The first-order chi connectivity index (χ1) is 8.47. The summed E-state index contributed by atoms with van der Waals surface area (Å²) in [6.07, 6.45) is 3.85. The zero-order valence-corrected chi connectivity index (χ0v) is 10.6. The van der Waals surface area contributed by atoms with Crippen LogP contribution in [0.4, 0.5) is 8.78 Å². The van der Waals surface area contributed by atoms with Gasteiger partial charge in [-0.15, -0.1) is 0 Å². The fourth-order valence-electron chi connectivity index (χ4n) is 2.36. The number of halogens is 2. The van der Waals surface area contributed by atoms with Gasteiger partial charge in [0.05, 0.1) is 6.10 Å². The molecule has 2 N–H and O–H groups in total. The Morgan fingerprint density at radius 1 is 1.33 bits per heavy atom. The number of benzene rings is 1. The van der Waals surface area contributed by atoms with Crippen molar-refractivity contribution in [3.8, 4) is 0 Å². The monoisotopic (exact) mass is 255 g/mol. The smallest absolute Gasteiger partial charge is 0.126 e. The quantitative estimate of drug-likeness (QED) is 0.897. The predicted octanol–water partition coefficient (Wildman–Crippen LogP) is 3.10. The summed E-state index contributed by atoms with van der Waals surface area (Å²) in [5.74, 6) is -1.17. The van der Waals surface area contributed by atoms with E-state index in [4.69, 9.17) is 10.5 Å². The van der Waals surface area contributed by atoms with Gasteiger partial charge in [0, 0.05) is 18.2 Å². The normalized spacial score (nSPS) is 23.0. The summed E-state index contributed by atoms with van der Waals surface area (Å²) in [5, 5.41) is 0. The van der Waals surface area contributed by atoms with Gasteiger partial charge in [-0.1, -0.05) is 0 Å². The molecule has 0 radical (unpaired) electrons. The van der Waals surface area contributed by atoms with E-state index >= 15 is 0 Å². The molecule has 2 rings (SSSR count). The summed E-state index contributed by atoms with van der Waals surface area (Å²) >= 11 is 0. The molecule has 0 saturated carbocycles. The highest BCUT2D eigenvalue weighted by Gasteiger charge is 2.25. The van der Waals surface area contributed by atoms with E-state index in [0.717, 1.165) is 31.9 Å². The SMILES string of the molecule is CC(N)(CCC1CCCO1)c1cc(F)cc(F)c1. The molecule has 1 aliphatic heterocycles. The highest BCUT2D eigenvalue weighted by Crippen LogP contribution is 2.28. The average molecular weight is 255 g/mol. The number of hydrogen-bond donors (Lipinski definition) is 1. The standard InChI is InChI=1S/C14H19F2NO/c1-14(17,5-4-13-3-2-6-18-13)10-7-11(15)9-12(16)8-10/h7-9,13H,2-6,17H2,1H3. The van der Waals surface area contributed by atoms with Gasteiger partial charge in [-0.25, -0.2) is 8.78 Å². The van der Waals surface area contributed by atoms with E-state index in [9.17, 15) is 8.78 Å². The second-order valence-corrected chi connectivity index (χ2v) is 5.25. The van der Waals surface area contributed by atoms with Crippen molar-refractivity contribution in [1.29, 1.82) is 0 Å². The van der Waals surface area contributed by atoms with Crippen LogP contribution in [0.1, 0.15) is 38.2 Å². The molecule has 1 saturated heterocycles. The maximum Gasteiger partial charge on any atom is 0.126 e. The first-order valence-corrected chi connectivity index (χ1v) is 6.34. The lowest BCUT2D eigenvalue weighted by Gasteiger charge is -2.26. The number of hydrogen-bond acceptors (Lipinski definition) is 2. The van der Waals surface area contributed by atoms with E-state index in [1.807, 2.05) is 0 Å². The van der Waals surface area contributed by atoms with Crippen molar-refractivity contribution in [3.05, 3.63) is 35.4 Å². The molecule has 0 aromatic heterocycles. The third kappa shape index (κ3) is 3.27.